The van der Waals surface area contributed by atoms with Crippen molar-refractivity contribution in [3.05, 3.63) is 30.1 Å². The van der Waals surface area contributed by atoms with E-state index in [1.165, 1.54) is 18.9 Å². The van der Waals surface area contributed by atoms with Gasteiger partial charge < -0.3 is 4.90 Å². The lowest BCUT2D eigenvalue weighted by atomic mass is 9.78. The molecular weight excluding hydrogens is 265 g/mol. The van der Waals surface area contributed by atoms with Crippen LogP contribution in [0, 0.1) is 17.7 Å². The fraction of sp³-hybridized carbons (Fsp3) is 0.611. The van der Waals surface area contributed by atoms with Gasteiger partial charge in [0, 0.05) is 25.4 Å². The second-order valence-corrected chi connectivity index (χ2v) is 6.08. The molecule has 1 aliphatic rings. The lowest BCUT2D eigenvalue weighted by molar-refractivity contribution is -0.125. The molecule has 1 aromatic rings. The van der Waals surface area contributed by atoms with E-state index in [4.69, 9.17) is 0 Å². The van der Waals surface area contributed by atoms with Crippen molar-refractivity contribution in [1.82, 2.24) is 0 Å². The van der Waals surface area contributed by atoms with Gasteiger partial charge in [-0.15, -0.1) is 0 Å². The Labute approximate surface area is 127 Å². The lowest BCUT2D eigenvalue weighted by Crippen LogP contribution is -2.37. The van der Waals surface area contributed by atoms with Crippen LogP contribution in [0.4, 0.5) is 10.1 Å². The fourth-order valence-corrected chi connectivity index (χ4v) is 3.42. The van der Waals surface area contributed by atoms with Crippen molar-refractivity contribution in [3.8, 4) is 0 Å². The maximum Gasteiger partial charge on any atom is 0.146 e. The highest BCUT2D eigenvalue weighted by molar-refractivity contribution is 5.82. The number of halogens is 1. The molecule has 2 nitrogen and oxygen atoms in total. The van der Waals surface area contributed by atoms with Crippen LogP contribution in [0.3, 0.4) is 0 Å². The number of carbonyl (C=O) groups is 1. The van der Waals surface area contributed by atoms with Crippen LogP contribution in [0.2, 0.25) is 0 Å². The van der Waals surface area contributed by atoms with Gasteiger partial charge in [-0.3, -0.25) is 4.79 Å². The van der Waals surface area contributed by atoms with Crippen molar-refractivity contribution in [3.63, 3.8) is 0 Å². The molecule has 1 aromatic carbocycles. The van der Waals surface area contributed by atoms with Crippen LogP contribution < -0.4 is 4.90 Å². The summed E-state index contributed by atoms with van der Waals surface area (Å²) in [6.07, 6.45) is 5.09. The first kappa shape index (κ1) is 16.0. The van der Waals surface area contributed by atoms with Gasteiger partial charge in [0.05, 0.1) is 5.69 Å². The molecule has 3 heteroatoms. The van der Waals surface area contributed by atoms with Crippen LogP contribution in [0.25, 0.3) is 0 Å². The standard InChI is InChI=1S/C18H26FNO/c1-3-7-14-10-11-18(21)15(12-14)13-20(4-2)17-9-6-5-8-16(17)19/h5-6,8-9,14-15H,3-4,7,10-13H2,1-2H3. The molecule has 0 saturated heterocycles. The highest BCUT2D eigenvalue weighted by Crippen LogP contribution is 2.31. The number of hydrogen-bond donors (Lipinski definition) is 0. The van der Waals surface area contributed by atoms with E-state index in [9.17, 15) is 9.18 Å². The zero-order valence-corrected chi connectivity index (χ0v) is 13.1. The van der Waals surface area contributed by atoms with E-state index < -0.39 is 0 Å². The summed E-state index contributed by atoms with van der Waals surface area (Å²) in [5.41, 5.74) is 0.616. The Bertz CT molecular complexity index is 474. The Kier molecular flexibility index (Phi) is 5.77. The topological polar surface area (TPSA) is 20.3 Å². The number of carbonyl (C=O) groups excluding carboxylic acids is 1. The van der Waals surface area contributed by atoms with E-state index in [2.05, 4.69) is 6.92 Å². The Balaban J connectivity index is 2.06. The number of hydrogen-bond acceptors (Lipinski definition) is 2. The van der Waals surface area contributed by atoms with E-state index in [1.807, 2.05) is 17.9 Å². The van der Waals surface area contributed by atoms with Crippen LogP contribution in [-0.2, 0) is 4.79 Å². The van der Waals surface area contributed by atoms with Crippen LogP contribution in [0.5, 0.6) is 0 Å². The average molecular weight is 291 g/mol. The highest BCUT2D eigenvalue weighted by Gasteiger charge is 2.29. The molecule has 2 rings (SSSR count). The van der Waals surface area contributed by atoms with Crippen molar-refractivity contribution >= 4 is 11.5 Å². The van der Waals surface area contributed by atoms with Crippen molar-refractivity contribution in [2.24, 2.45) is 11.8 Å². The van der Waals surface area contributed by atoms with Gasteiger partial charge in [0.15, 0.2) is 0 Å². The number of anilines is 1. The van der Waals surface area contributed by atoms with E-state index in [0.717, 1.165) is 19.4 Å². The highest BCUT2D eigenvalue weighted by atomic mass is 19.1. The van der Waals surface area contributed by atoms with Crippen LogP contribution in [0.15, 0.2) is 24.3 Å². The van der Waals surface area contributed by atoms with E-state index >= 15 is 0 Å². The van der Waals surface area contributed by atoms with Gasteiger partial charge in [-0.05, 0) is 37.8 Å². The molecule has 0 spiro atoms. The third-order valence-electron chi connectivity index (χ3n) is 4.58. The summed E-state index contributed by atoms with van der Waals surface area (Å²) in [6, 6.07) is 6.84. The van der Waals surface area contributed by atoms with Crippen molar-refractivity contribution < 1.29 is 9.18 Å². The molecule has 2 atom stereocenters. The van der Waals surface area contributed by atoms with Gasteiger partial charge in [0.2, 0.25) is 0 Å². The first-order valence-electron chi connectivity index (χ1n) is 8.17. The van der Waals surface area contributed by atoms with Gasteiger partial charge >= 0.3 is 0 Å². The molecule has 0 amide bonds. The zero-order chi connectivity index (χ0) is 15.2. The van der Waals surface area contributed by atoms with E-state index in [0.29, 0.717) is 30.4 Å². The van der Waals surface area contributed by atoms with Crippen LogP contribution >= 0.6 is 0 Å². The molecule has 0 aliphatic heterocycles. The summed E-state index contributed by atoms with van der Waals surface area (Å²) in [7, 11) is 0. The minimum Gasteiger partial charge on any atom is -0.369 e. The molecule has 21 heavy (non-hydrogen) atoms. The number of Topliss-reactive ketones (excluding diaryl/α,β-unsaturated/α-hetero) is 1. The van der Waals surface area contributed by atoms with E-state index in [-0.39, 0.29) is 11.7 Å². The molecule has 2 unspecified atom stereocenters. The van der Waals surface area contributed by atoms with Crippen LogP contribution in [-0.4, -0.2) is 18.9 Å². The average Bonchev–Trinajstić information content (AvgIpc) is 2.49. The molecule has 0 heterocycles. The lowest BCUT2D eigenvalue weighted by Gasteiger charge is -2.33. The number of ketones is 1. The predicted octanol–water partition coefficient (Wildman–Crippen LogP) is 4.44. The summed E-state index contributed by atoms with van der Waals surface area (Å²) >= 11 is 0. The molecule has 1 aliphatic carbocycles. The van der Waals surface area contributed by atoms with Crippen molar-refractivity contribution in [2.45, 2.75) is 46.0 Å². The molecular formula is C18H26FNO. The monoisotopic (exact) mass is 291 g/mol. The van der Waals surface area contributed by atoms with Gasteiger partial charge in [-0.1, -0.05) is 31.9 Å². The minimum absolute atomic E-state index is 0.0647. The Morgan fingerprint density at radius 1 is 1.29 bits per heavy atom. The Morgan fingerprint density at radius 2 is 2.05 bits per heavy atom. The third-order valence-corrected chi connectivity index (χ3v) is 4.58. The number of para-hydroxylation sites is 1. The van der Waals surface area contributed by atoms with Gasteiger partial charge in [-0.2, -0.15) is 0 Å². The smallest absolute Gasteiger partial charge is 0.146 e. The maximum absolute atomic E-state index is 13.9. The second kappa shape index (κ2) is 7.58. The Morgan fingerprint density at radius 3 is 2.71 bits per heavy atom. The summed E-state index contributed by atoms with van der Waals surface area (Å²) < 4.78 is 13.9. The zero-order valence-electron chi connectivity index (χ0n) is 13.1. The van der Waals surface area contributed by atoms with Crippen molar-refractivity contribution in [2.75, 3.05) is 18.0 Å². The summed E-state index contributed by atoms with van der Waals surface area (Å²) in [5, 5.41) is 0. The van der Waals surface area contributed by atoms with Gasteiger partial charge in [-0.25, -0.2) is 4.39 Å². The first-order chi connectivity index (χ1) is 10.2. The molecule has 1 saturated carbocycles. The van der Waals surface area contributed by atoms with Gasteiger partial charge in [0.25, 0.3) is 0 Å². The van der Waals surface area contributed by atoms with Crippen molar-refractivity contribution in [1.29, 1.82) is 0 Å². The molecule has 116 valence electrons. The number of benzene rings is 1. The number of rotatable bonds is 6. The molecule has 0 bridgehead atoms. The summed E-state index contributed by atoms with van der Waals surface area (Å²) in [5.74, 6) is 0.886. The maximum atomic E-state index is 13.9. The normalized spacial score (nSPS) is 22.3. The quantitative estimate of drug-likeness (QED) is 0.772. The molecule has 0 N–H and O–H groups in total. The first-order valence-corrected chi connectivity index (χ1v) is 8.17. The molecule has 0 radical (unpaired) electrons. The minimum atomic E-state index is -0.201. The predicted molar refractivity (Wildman–Crippen MR) is 85.0 cm³/mol. The fourth-order valence-electron chi connectivity index (χ4n) is 3.42. The Hall–Kier alpha value is -1.38. The third kappa shape index (κ3) is 4.05. The largest absolute Gasteiger partial charge is 0.369 e. The second-order valence-electron chi connectivity index (χ2n) is 6.08. The summed E-state index contributed by atoms with van der Waals surface area (Å²) in [4.78, 5) is 14.2. The molecule has 1 fully saturated rings. The van der Waals surface area contributed by atoms with E-state index in [1.54, 1.807) is 12.1 Å². The van der Waals surface area contributed by atoms with Crippen LogP contribution in [0.1, 0.15) is 46.0 Å². The van der Waals surface area contributed by atoms with Gasteiger partial charge in [0.1, 0.15) is 11.6 Å². The SMILES string of the molecule is CCCC1CCC(=O)C(CN(CC)c2ccccc2F)C1. The number of nitrogens with zero attached hydrogens (tertiary/aromatic N) is 1. The molecule has 0 aromatic heterocycles. The summed E-state index contributed by atoms with van der Waals surface area (Å²) in [6.45, 7) is 5.59.